The summed E-state index contributed by atoms with van der Waals surface area (Å²) in [6.45, 7) is 0.223. The van der Waals surface area contributed by atoms with Crippen LogP contribution in [0.4, 0.5) is 4.39 Å². The molecule has 0 radical (unpaired) electrons. The van der Waals surface area contributed by atoms with E-state index in [9.17, 15) is 4.39 Å². The topological polar surface area (TPSA) is 59.1 Å². The lowest BCUT2D eigenvalue weighted by atomic mass is 10.1. The minimum absolute atomic E-state index is 0.0421. The summed E-state index contributed by atoms with van der Waals surface area (Å²) in [4.78, 5) is 0. The Hall–Kier alpha value is -2.07. The number of hydrogen-bond donors (Lipinski definition) is 2. The van der Waals surface area contributed by atoms with Crippen molar-refractivity contribution < 1.29 is 9.13 Å². The van der Waals surface area contributed by atoms with Gasteiger partial charge < -0.3 is 10.5 Å². The maximum Gasteiger partial charge on any atom is 0.126 e. The van der Waals surface area contributed by atoms with Crippen LogP contribution in [0.1, 0.15) is 11.1 Å². The molecule has 0 aliphatic carbocycles. The Kier molecular flexibility index (Phi) is 4.02. The molecule has 3 nitrogen and oxygen atoms in total. The molecule has 0 aliphatic heterocycles. The molecule has 0 spiro atoms. The zero-order valence-corrected chi connectivity index (χ0v) is 10.7. The zero-order chi connectivity index (χ0) is 13.8. The second-order valence-corrected chi connectivity index (χ2v) is 4.37. The molecule has 0 heterocycles. The molecule has 2 rings (SSSR count). The molecule has 0 aliphatic rings. The van der Waals surface area contributed by atoms with Crippen LogP contribution >= 0.6 is 11.6 Å². The quantitative estimate of drug-likeness (QED) is 0.666. The van der Waals surface area contributed by atoms with E-state index in [1.54, 1.807) is 30.3 Å². The van der Waals surface area contributed by atoms with E-state index in [1.165, 1.54) is 12.1 Å². The van der Waals surface area contributed by atoms with Crippen LogP contribution in [0.2, 0.25) is 5.02 Å². The van der Waals surface area contributed by atoms with Crippen molar-refractivity contribution in [3.8, 4) is 5.75 Å². The van der Waals surface area contributed by atoms with Crippen LogP contribution in [0.25, 0.3) is 0 Å². The molecule has 2 aromatic rings. The Morgan fingerprint density at radius 1 is 1.26 bits per heavy atom. The second kappa shape index (κ2) is 5.71. The Morgan fingerprint density at radius 2 is 2.05 bits per heavy atom. The number of rotatable bonds is 4. The van der Waals surface area contributed by atoms with E-state index in [1.807, 2.05) is 0 Å². The second-order valence-electron chi connectivity index (χ2n) is 3.97. The summed E-state index contributed by atoms with van der Waals surface area (Å²) >= 11 is 6.06. The van der Waals surface area contributed by atoms with Gasteiger partial charge in [-0.2, -0.15) is 0 Å². The fourth-order valence-corrected chi connectivity index (χ4v) is 1.78. The van der Waals surface area contributed by atoms with Gasteiger partial charge in [-0.25, -0.2) is 4.39 Å². The van der Waals surface area contributed by atoms with E-state index >= 15 is 0 Å². The van der Waals surface area contributed by atoms with Gasteiger partial charge in [-0.05, 0) is 18.2 Å². The molecule has 19 heavy (non-hydrogen) atoms. The molecule has 0 fully saturated rings. The van der Waals surface area contributed by atoms with Crippen LogP contribution < -0.4 is 10.5 Å². The van der Waals surface area contributed by atoms with Gasteiger partial charge in [-0.1, -0.05) is 29.8 Å². The van der Waals surface area contributed by atoms with Crippen LogP contribution in [0.5, 0.6) is 5.75 Å². The predicted molar refractivity (Wildman–Crippen MR) is 73.2 cm³/mol. The molecule has 98 valence electrons. The number of hydrogen-bond acceptors (Lipinski definition) is 2. The third-order valence-electron chi connectivity index (χ3n) is 2.55. The summed E-state index contributed by atoms with van der Waals surface area (Å²) < 4.78 is 18.4. The number of benzene rings is 2. The third kappa shape index (κ3) is 3.45. The highest BCUT2D eigenvalue weighted by Gasteiger charge is 2.05. The van der Waals surface area contributed by atoms with Crippen LogP contribution in [0.3, 0.4) is 0 Å². The lowest BCUT2D eigenvalue weighted by Crippen LogP contribution is -2.11. The summed E-state index contributed by atoms with van der Waals surface area (Å²) in [6, 6.07) is 10.9. The molecule has 0 amide bonds. The maximum atomic E-state index is 13.0. The fraction of sp³-hybridized carbons (Fsp3) is 0.0714. The van der Waals surface area contributed by atoms with E-state index in [-0.39, 0.29) is 18.3 Å². The largest absolute Gasteiger partial charge is 0.489 e. The van der Waals surface area contributed by atoms with Crippen LogP contribution in [0.15, 0.2) is 42.5 Å². The average molecular weight is 279 g/mol. The summed E-state index contributed by atoms with van der Waals surface area (Å²) in [5.74, 6) is 0.0433. The number of amidine groups is 1. The highest BCUT2D eigenvalue weighted by Crippen LogP contribution is 2.20. The van der Waals surface area contributed by atoms with Gasteiger partial charge >= 0.3 is 0 Å². The molecule has 0 aromatic heterocycles. The van der Waals surface area contributed by atoms with Gasteiger partial charge in [0.2, 0.25) is 0 Å². The van der Waals surface area contributed by atoms with Crippen LogP contribution in [-0.2, 0) is 6.61 Å². The third-order valence-corrected chi connectivity index (χ3v) is 2.91. The normalized spacial score (nSPS) is 10.2. The number of nitrogens with two attached hydrogens (primary N) is 1. The average Bonchev–Trinajstić information content (AvgIpc) is 2.37. The van der Waals surface area contributed by atoms with Gasteiger partial charge in [0, 0.05) is 22.2 Å². The molecule has 0 saturated heterocycles. The number of nitrogen functional groups attached to an aromatic ring is 1. The fourth-order valence-electron chi connectivity index (χ4n) is 1.55. The Morgan fingerprint density at radius 3 is 2.68 bits per heavy atom. The van der Waals surface area contributed by atoms with Crippen molar-refractivity contribution in [2.75, 3.05) is 0 Å². The van der Waals surface area contributed by atoms with Gasteiger partial charge in [0.25, 0.3) is 0 Å². The SMILES string of the molecule is N=C(N)c1ccc(COc2cccc(F)c2)c(Cl)c1. The number of ether oxygens (including phenoxy) is 1. The number of nitrogens with one attached hydrogen (secondary N) is 1. The van der Waals surface area contributed by atoms with Crippen molar-refractivity contribution >= 4 is 17.4 Å². The molecule has 0 bridgehead atoms. The molecule has 5 heteroatoms. The minimum atomic E-state index is -0.351. The van der Waals surface area contributed by atoms with Gasteiger partial charge in [0.05, 0.1) is 0 Å². The number of halogens is 2. The zero-order valence-electron chi connectivity index (χ0n) is 9.99. The summed E-state index contributed by atoms with van der Waals surface area (Å²) in [7, 11) is 0. The molecular formula is C14H12ClFN2O. The van der Waals surface area contributed by atoms with E-state index in [0.717, 1.165) is 5.56 Å². The van der Waals surface area contributed by atoms with Crippen molar-refractivity contribution in [2.24, 2.45) is 5.73 Å². The molecule has 0 saturated carbocycles. The maximum absolute atomic E-state index is 13.0. The van der Waals surface area contributed by atoms with E-state index in [4.69, 9.17) is 27.5 Å². The van der Waals surface area contributed by atoms with Gasteiger partial charge in [0.15, 0.2) is 0 Å². The Labute approximate surface area is 115 Å². The monoisotopic (exact) mass is 278 g/mol. The molecule has 3 N–H and O–H groups in total. The summed E-state index contributed by atoms with van der Waals surface area (Å²) in [5.41, 5.74) is 6.67. The van der Waals surface area contributed by atoms with Gasteiger partial charge in [0.1, 0.15) is 24.0 Å². The van der Waals surface area contributed by atoms with Crippen molar-refractivity contribution in [2.45, 2.75) is 6.61 Å². The smallest absolute Gasteiger partial charge is 0.126 e. The minimum Gasteiger partial charge on any atom is -0.489 e. The standard InChI is InChI=1S/C14H12ClFN2O/c15-13-6-9(14(17)18)4-5-10(13)8-19-12-3-1-2-11(16)7-12/h1-7H,8H2,(H3,17,18). The Bertz CT molecular complexity index is 616. The molecule has 0 atom stereocenters. The van der Waals surface area contributed by atoms with Crippen LogP contribution in [0, 0.1) is 11.2 Å². The summed E-state index contributed by atoms with van der Waals surface area (Å²) in [6.07, 6.45) is 0. The highest BCUT2D eigenvalue weighted by molar-refractivity contribution is 6.31. The van der Waals surface area contributed by atoms with Crippen molar-refractivity contribution in [1.82, 2.24) is 0 Å². The summed E-state index contributed by atoms with van der Waals surface area (Å²) in [5, 5.41) is 7.77. The van der Waals surface area contributed by atoms with Crippen molar-refractivity contribution in [3.05, 3.63) is 64.4 Å². The van der Waals surface area contributed by atoms with Gasteiger partial charge in [-0.3, -0.25) is 5.41 Å². The molecular weight excluding hydrogens is 267 g/mol. The van der Waals surface area contributed by atoms with Crippen molar-refractivity contribution in [3.63, 3.8) is 0 Å². The van der Waals surface area contributed by atoms with Crippen molar-refractivity contribution in [1.29, 1.82) is 5.41 Å². The Balaban J connectivity index is 2.10. The van der Waals surface area contributed by atoms with Crippen LogP contribution in [-0.4, -0.2) is 5.84 Å². The first-order chi connectivity index (χ1) is 9.06. The van der Waals surface area contributed by atoms with E-state index in [0.29, 0.717) is 16.3 Å². The first-order valence-corrected chi connectivity index (χ1v) is 5.95. The van der Waals surface area contributed by atoms with Gasteiger partial charge in [-0.15, -0.1) is 0 Å². The predicted octanol–water partition coefficient (Wildman–Crippen LogP) is 3.34. The first-order valence-electron chi connectivity index (χ1n) is 5.57. The lowest BCUT2D eigenvalue weighted by molar-refractivity contribution is 0.304. The molecule has 2 aromatic carbocycles. The highest BCUT2D eigenvalue weighted by atomic mass is 35.5. The van der Waals surface area contributed by atoms with E-state index in [2.05, 4.69) is 0 Å². The molecule has 0 unspecified atom stereocenters. The van der Waals surface area contributed by atoms with E-state index < -0.39 is 0 Å². The first kappa shape index (κ1) is 13.4. The lowest BCUT2D eigenvalue weighted by Gasteiger charge is -2.09.